The van der Waals surface area contributed by atoms with Crippen molar-refractivity contribution in [3.8, 4) is 22.4 Å². The largest absolute Gasteiger partial charge is 0.337 e. The van der Waals surface area contributed by atoms with E-state index in [1.807, 2.05) is 31.2 Å². The third kappa shape index (κ3) is 4.44. The van der Waals surface area contributed by atoms with Gasteiger partial charge in [0.25, 0.3) is 0 Å². The number of Topliss-reactive ketones (excluding diaryl/α,β-unsaturated/α-hetero) is 1. The first-order valence-electron chi connectivity index (χ1n) is 12.2. The lowest BCUT2D eigenvalue weighted by molar-refractivity contribution is 0.103. The zero-order valence-electron chi connectivity index (χ0n) is 20.9. The van der Waals surface area contributed by atoms with Crippen molar-refractivity contribution in [3.05, 3.63) is 125 Å². The fraction of sp³-hybridized carbons (Fsp3) is 0.182. The first-order valence-corrected chi connectivity index (χ1v) is 12.2. The Balaban J connectivity index is 1.65. The second kappa shape index (κ2) is 9.03. The Kier molecular flexibility index (Phi) is 5.90. The zero-order chi connectivity index (χ0) is 24.6. The lowest BCUT2D eigenvalue weighted by atomic mass is 9.86. The maximum absolute atomic E-state index is 13.7. The molecule has 1 aromatic heterocycles. The molecule has 0 atom stereocenters. The Labute approximate surface area is 208 Å². The van der Waals surface area contributed by atoms with E-state index in [1.54, 1.807) is 0 Å². The van der Waals surface area contributed by atoms with E-state index in [2.05, 4.69) is 104 Å². The quantitative estimate of drug-likeness (QED) is 0.282. The maximum Gasteiger partial charge on any atom is 0.193 e. The molecule has 0 unspecified atom stereocenters. The molecular weight excluding hydrogens is 426 g/mol. The van der Waals surface area contributed by atoms with Gasteiger partial charge in [-0.1, -0.05) is 112 Å². The van der Waals surface area contributed by atoms with Crippen LogP contribution in [0.15, 0.2) is 108 Å². The number of nitrogens with zero attached hydrogens (tertiary/aromatic N) is 1. The third-order valence-electron chi connectivity index (χ3n) is 6.84. The van der Waals surface area contributed by atoms with Crippen molar-refractivity contribution in [2.45, 2.75) is 39.7 Å². The van der Waals surface area contributed by atoms with Crippen molar-refractivity contribution in [2.75, 3.05) is 0 Å². The van der Waals surface area contributed by atoms with Gasteiger partial charge in [0.2, 0.25) is 0 Å². The number of carbonyl (C=O) groups excluding carboxylic acids is 1. The van der Waals surface area contributed by atoms with Gasteiger partial charge in [0.15, 0.2) is 5.78 Å². The molecule has 35 heavy (non-hydrogen) atoms. The maximum atomic E-state index is 13.7. The topological polar surface area (TPSA) is 22.0 Å². The highest BCUT2D eigenvalue weighted by Crippen LogP contribution is 2.37. The second-order valence-corrected chi connectivity index (χ2v) is 10.3. The van der Waals surface area contributed by atoms with Crippen molar-refractivity contribution in [1.82, 2.24) is 4.57 Å². The number of allylic oxidation sites excluding steroid dienone is 3. The SMILES string of the molecule is CC1=CCn2c(-c3ccccc3)cc(-c3ccccc3)c2C=C1C(=O)c1ccc(C(C)(C)C)cc1. The van der Waals surface area contributed by atoms with Gasteiger partial charge in [0.05, 0.1) is 5.69 Å². The molecule has 0 bridgehead atoms. The van der Waals surface area contributed by atoms with Crippen molar-refractivity contribution in [2.24, 2.45) is 0 Å². The summed E-state index contributed by atoms with van der Waals surface area (Å²) in [6.45, 7) is 9.33. The smallest absolute Gasteiger partial charge is 0.193 e. The van der Waals surface area contributed by atoms with Crippen LogP contribution in [0.2, 0.25) is 0 Å². The third-order valence-corrected chi connectivity index (χ3v) is 6.84. The molecule has 174 valence electrons. The highest BCUT2D eigenvalue weighted by Gasteiger charge is 2.23. The monoisotopic (exact) mass is 457 g/mol. The van der Waals surface area contributed by atoms with Crippen LogP contribution in [0.5, 0.6) is 0 Å². The number of hydrogen-bond acceptors (Lipinski definition) is 1. The van der Waals surface area contributed by atoms with Crippen LogP contribution in [0.4, 0.5) is 0 Å². The van der Waals surface area contributed by atoms with Crippen molar-refractivity contribution >= 4 is 11.9 Å². The number of benzene rings is 3. The minimum atomic E-state index is 0.0538. The van der Waals surface area contributed by atoms with Crippen LogP contribution >= 0.6 is 0 Å². The summed E-state index contributed by atoms with van der Waals surface area (Å²) in [6.07, 6.45) is 4.26. The van der Waals surface area contributed by atoms with Crippen molar-refractivity contribution < 1.29 is 4.79 Å². The summed E-state index contributed by atoms with van der Waals surface area (Å²) >= 11 is 0. The highest BCUT2D eigenvalue weighted by molar-refractivity contribution is 6.14. The van der Waals surface area contributed by atoms with Crippen LogP contribution in [0.25, 0.3) is 28.5 Å². The van der Waals surface area contributed by atoms with Crippen molar-refractivity contribution in [3.63, 3.8) is 0 Å². The molecule has 2 nitrogen and oxygen atoms in total. The Morgan fingerprint density at radius 2 is 1.40 bits per heavy atom. The van der Waals surface area contributed by atoms with Crippen LogP contribution < -0.4 is 0 Å². The molecule has 0 amide bonds. The summed E-state index contributed by atoms with van der Waals surface area (Å²) < 4.78 is 2.32. The van der Waals surface area contributed by atoms with Gasteiger partial charge < -0.3 is 4.57 Å². The number of aromatic nitrogens is 1. The molecule has 5 rings (SSSR count). The predicted molar refractivity (Wildman–Crippen MR) is 147 cm³/mol. The van der Waals surface area contributed by atoms with E-state index < -0.39 is 0 Å². The molecule has 2 heterocycles. The molecule has 0 aliphatic carbocycles. The van der Waals surface area contributed by atoms with Gasteiger partial charge in [-0.05, 0) is 46.7 Å². The van der Waals surface area contributed by atoms with E-state index in [9.17, 15) is 4.79 Å². The van der Waals surface area contributed by atoms with Gasteiger partial charge in [-0.25, -0.2) is 0 Å². The van der Waals surface area contributed by atoms with Crippen LogP contribution in [-0.4, -0.2) is 10.4 Å². The van der Waals surface area contributed by atoms with Crippen molar-refractivity contribution in [1.29, 1.82) is 0 Å². The van der Waals surface area contributed by atoms with Crippen LogP contribution in [0, 0.1) is 0 Å². The number of rotatable bonds is 4. The molecule has 2 heteroatoms. The molecular formula is C33H31NO. The number of hydrogen-bond donors (Lipinski definition) is 0. The van der Waals surface area contributed by atoms with E-state index in [0.717, 1.165) is 39.2 Å². The van der Waals surface area contributed by atoms with Crippen LogP contribution in [0.3, 0.4) is 0 Å². The Morgan fingerprint density at radius 3 is 2.00 bits per heavy atom. The predicted octanol–water partition coefficient (Wildman–Crippen LogP) is 8.35. The molecule has 1 aliphatic rings. The lowest BCUT2D eigenvalue weighted by Gasteiger charge is -2.19. The fourth-order valence-corrected chi connectivity index (χ4v) is 4.72. The molecule has 4 aromatic rings. The normalized spacial score (nSPS) is 13.5. The molecule has 0 fully saturated rings. The summed E-state index contributed by atoms with van der Waals surface area (Å²) in [5, 5.41) is 0. The van der Waals surface area contributed by atoms with E-state index in [1.165, 1.54) is 11.1 Å². The average molecular weight is 458 g/mol. The summed E-state index contributed by atoms with van der Waals surface area (Å²) in [5.74, 6) is 0.0640. The minimum Gasteiger partial charge on any atom is -0.337 e. The van der Waals surface area contributed by atoms with Crippen LogP contribution in [-0.2, 0) is 12.0 Å². The van der Waals surface area contributed by atoms with E-state index >= 15 is 0 Å². The zero-order valence-corrected chi connectivity index (χ0v) is 20.9. The minimum absolute atomic E-state index is 0.0538. The van der Waals surface area contributed by atoms with Gasteiger partial charge >= 0.3 is 0 Å². The summed E-state index contributed by atoms with van der Waals surface area (Å²) in [6, 6.07) is 31.3. The number of ketones is 1. The average Bonchev–Trinajstić information content (AvgIpc) is 3.15. The first kappa shape index (κ1) is 22.9. The summed E-state index contributed by atoms with van der Waals surface area (Å²) in [5.41, 5.74) is 9.45. The molecule has 1 aliphatic heterocycles. The lowest BCUT2D eigenvalue weighted by Crippen LogP contribution is -2.11. The van der Waals surface area contributed by atoms with Gasteiger partial charge in [-0.2, -0.15) is 0 Å². The molecule has 0 radical (unpaired) electrons. The van der Waals surface area contributed by atoms with Gasteiger partial charge in [0, 0.05) is 28.9 Å². The van der Waals surface area contributed by atoms with E-state index in [0.29, 0.717) is 6.54 Å². The second-order valence-electron chi connectivity index (χ2n) is 10.3. The Bertz CT molecular complexity index is 1430. The molecule has 0 spiro atoms. The number of fused-ring (bicyclic) bond motifs is 1. The van der Waals surface area contributed by atoms with Gasteiger partial charge in [0.1, 0.15) is 0 Å². The summed E-state index contributed by atoms with van der Waals surface area (Å²) in [4.78, 5) is 13.7. The van der Waals surface area contributed by atoms with Crippen LogP contribution in [0.1, 0.15) is 49.3 Å². The number of carbonyl (C=O) groups is 1. The molecule has 0 N–H and O–H groups in total. The molecule has 0 saturated heterocycles. The Morgan fingerprint density at radius 1 is 0.800 bits per heavy atom. The van der Waals surface area contributed by atoms with Gasteiger partial charge in [-0.3, -0.25) is 4.79 Å². The molecule has 0 saturated carbocycles. The standard InChI is InChI=1S/C33H31NO/c1-23-19-20-34-30(25-13-9-6-10-14-25)22-29(24-11-7-5-8-12-24)31(34)21-28(23)32(35)26-15-17-27(18-16-26)33(2,3)4/h5-19,21-22H,20H2,1-4H3. The van der Waals surface area contributed by atoms with Gasteiger partial charge in [-0.15, -0.1) is 0 Å². The Hall–Kier alpha value is -3.91. The van der Waals surface area contributed by atoms with E-state index in [4.69, 9.17) is 0 Å². The highest BCUT2D eigenvalue weighted by atomic mass is 16.1. The summed E-state index contributed by atoms with van der Waals surface area (Å²) in [7, 11) is 0. The fourth-order valence-electron chi connectivity index (χ4n) is 4.72. The molecule has 3 aromatic carbocycles. The first-order chi connectivity index (χ1) is 16.8. The van der Waals surface area contributed by atoms with E-state index in [-0.39, 0.29) is 11.2 Å².